The zero-order valence-corrected chi connectivity index (χ0v) is 11.2. The molecule has 1 rings (SSSR count). The minimum atomic E-state index is -0.399. The Bertz CT molecular complexity index is 385. The van der Waals surface area contributed by atoms with Crippen LogP contribution in [0.4, 0.5) is 0 Å². The van der Waals surface area contributed by atoms with Gasteiger partial charge in [-0.2, -0.15) is 0 Å². The molecule has 1 aromatic rings. The van der Waals surface area contributed by atoms with E-state index < -0.39 is 5.97 Å². The Morgan fingerprint density at radius 3 is 2.53 bits per heavy atom. The molecule has 0 radical (unpaired) electrons. The fourth-order valence-electron chi connectivity index (χ4n) is 2.02. The zero-order valence-electron chi connectivity index (χ0n) is 11.2. The molecule has 96 valence electrons. The molecule has 1 unspecified atom stereocenters. The first-order chi connectivity index (χ1) is 7.97. The number of nitrogens with zero attached hydrogens (tertiary/aromatic N) is 3. The Labute approximate surface area is 102 Å². The maximum Gasteiger partial charge on any atom is 0.376 e. The number of esters is 1. The lowest BCUT2D eigenvalue weighted by Crippen LogP contribution is -2.18. The lowest BCUT2D eigenvalue weighted by Gasteiger charge is -2.18. The Morgan fingerprint density at radius 2 is 2.00 bits per heavy atom. The van der Waals surface area contributed by atoms with Gasteiger partial charge in [0.25, 0.3) is 0 Å². The van der Waals surface area contributed by atoms with E-state index in [0.717, 1.165) is 12.2 Å². The first-order valence-electron chi connectivity index (χ1n) is 6.06. The number of hydrogen-bond donors (Lipinski definition) is 0. The third-order valence-corrected chi connectivity index (χ3v) is 2.58. The topological polar surface area (TPSA) is 57.0 Å². The summed E-state index contributed by atoms with van der Waals surface area (Å²) >= 11 is 0. The summed E-state index contributed by atoms with van der Waals surface area (Å²) in [5, 5.41) is 7.86. The highest BCUT2D eigenvalue weighted by Gasteiger charge is 2.21. The molecule has 5 nitrogen and oxygen atoms in total. The molecule has 1 atom stereocenters. The molecule has 0 aliphatic carbocycles. The maximum atomic E-state index is 11.7. The van der Waals surface area contributed by atoms with E-state index in [0.29, 0.717) is 18.3 Å². The number of carbonyl (C=O) groups is 1. The first-order valence-corrected chi connectivity index (χ1v) is 6.06. The Balaban J connectivity index is 2.97. The molecule has 0 saturated carbocycles. The van der Waals surface area contributed by atoms with Crippen molar-refractivity contribution >= 4 is 5.97 Å². The Hall–Kier alpha value is -1.39. The van der Waals surface area contributed by atoms with E-state index in [9.17, 15) is 4.79 Å². The molecule has 0 fully saturated rings. The average molecular weight is 239 g/mol. The highest BCUT2D eigenvalue weighted by Crippen LogP contribution is 2.20. The van der Waals surface area contributed by atoms with Crippen LogP contribution < -0.4 is 0 Å². The van der Waals surface area contributed by atoms with Crippen LogP contribution in [-0.4, -0.2) is 27.3 Å². The second kappa shape index (κ2) is 5.80. The lowest BCUT2D eigenvalue weighted by molar-refractivity contribution is 0.0502. The third kappa shape index (κ3) is 3.28. The van der Waals surface area contributed by atoms with Crippen molar-refractivity contribution in [2.45, 2.75) is 47.1 Å². The SMILES string of the molecule is CCOC(=O)c1nnc(C)n1C(C)CC(C)C. The predicted octanol–water partition coefficient (Wildman–Crippen LogP) is 2.37. The molecule has 0 aliphatic rings. The predicted molar refractivity (Wildman–Crippen MR) is 64.9 cm³/mol. The number of aryl methyl sites for hydroxylation is 1. The van der Waals surface area contributed by atoms with Crippen molar-refractivity contribution in [1.29, 1.82) is 0 Å². The van der Waals surface area contributed by atoms with Gasteiger partial charge in [-0.3, -0.25) is 0 Å². The molecule has 0 spiro atoms. The molecule has 0 bridgehead atoms. The second-order valence-corrected chi connectivity index (χ2v) is 4.64. The minimum Gasteiger partial charge on any atom is -0.460 e. The molecule has 0 amide bonds. The van der Waals surface area contributed by atoms with Crippen molar-refractivity contribution in [1.82, 2.24) is 14.8 Å². The van der Waals surface area contributed by atoms with Gasteiger partial charge < -0.3 is 9.30 Å². The van der Waals surface area contributed by atoms with Crippen LogP contribution in [0.2, 0.25) is 0 Å². The van der Waals surface area contributed by atoms with Crippen LogP contribution in [0.5, 0.6) is 0 Å². The van der Waals surface area contributed by atoms with Crippen LogP contribution in [0.3, 0.4) is 0 Å². The zero-order chi connectivity index (χ0) is 13.0. The van der Waals surface area contributed by atoms with Gasteiger partial charge in [0.15, 0.2) is 0 Å². The summed E-state index contributed by atoms with van der Waals surface area (Å²) in [7, 11) is 0. The van der Waals surface area contributed by atoms with Gasteiger partial charge in [0.2, 0.25) is 5.82 Å². The summed E-state index contributed by atoms with van der Waals surface area (Å²) in [6, 6.07) is 0.199. The largest absolute Gasteiger partial charge is 0.460 e. The summed E-state index contributed by atoms with van der Waals surface area (Å²) in [5.41, 5.74) is 0. The van der Waals surface area contributed by atoms with Gasteiger partial charge in [0.05, 0.1) is 6.61 Å². The third-order valence-electron chi connectivity index (χ3n) is 2.58. The summed E-state index contributed by atoms with van der Waals surface area (Å²) in [4.78, 5) is 11.7. The molecule has 0 aromatic carbocycles. The van der Waals surface area contributed by atoms with Gasteiger partial charge in [-0.05, 0) is 33.1 Å². The molecule has 5 heteroatoms. The molecule has 1 aromatic heterocycles. The average Bonchev–Trinajstić information content (AvgIpc) is 2.59. The van der Waals surface area contributed by atoms with E-state index in [4.69, 9.17) is 4.74 Å². The number of aromatic nitrogens is 3. The summed E-state index contributed by atoms with van der Waals surface area (Å²) in [5.74, 6) is 1.21. The summed E-state index contributed by atoms with van der Waals surface area (Å²) < 4.78 is 6.83. The van der Waals surface area contributed by atoms with Crippen molar-refractivity contribution in [2.75, 3.05) is 6.61 Å². The van der Waals surface area contributed by atoms with E-state index in [1.54, 1.807) is 6.92 Å². The van der Waals surface area contributed by atoms with E-state index >= 15 is 0 Å². The number of ether oxygens (including phenoxy) is 1. The smallest absolute Gasteiger partial charge is 0.376 e. The van der Waals surface area contributed by atoms with Crippen molar-refractivity contribution in [3.05, 3.63) is 11.6 Å². The van der Waals surface area contributed by atoms with Crippen LogP contribution in [0, 0.1) is 12.8 Å². The van der Waals surface area contributed by atoms with Crippen molar-refractivity contribution in [3.63, 3.8) is 0 Å². The van der Waals surface area contributed by atoms with Gasteiger partial charge in [-0.1, -0.05) is 13.8 Å². The van der Waals surface area contributed by atoms with E-state index in [-0.39, 0.29) is 6.04 Å². The number of hydrogen-bond acceptors (Lipinski definition) is 4. The Kier molecular flexibility index (Phi) is 4.66. The minimum absolute atomic E-state index is 0.199. The summed E-state index contributed by atoms with van der Waals surface area (Å²) in [6.07, 6.45) is 0.977. The highest BCUT2D eigenvalue weighted by atomic mass is 16.5. The standard InChI is InChI=1S/C12H21N3O2/c1-6-17-12(16)11-14-13-10(5)15(11)9(4)7-8(2)3/h8-9H,6-7H2,1-5H3. The fraction of sp³-hybridized carbons (Fsp3) is 0.750. The van der Waals surface area contributed by atoms with Crippen molar-refractivity contribution in [3.8, 4) is 0 Å². The molecule has 1 heterocycles. The van der Waals surface area contributed by atoms with E-state index in [2.05, 4.69) is 31.0 Å². The van der Waals surface area contributed by atoms with Crippen LogP contribution >= 0.6 is 0 Å². The molecule has 0 saturated heterocycles. The number of rotatable bonds is 5. The molecular weight excluding hydrogens is 218 g/mol. The quantitative estimate of drug-likeness (QED) is 0.740. The van der Waals surface area contributed by atoms with Crippen LogP contribution in [0.1, 0.15) is 56.6 Å². The van der Waals surface area contributed by atoms with Gasteiger partial charge in [0.1, 0.15) is 5.82 Å². The van der Waals surface area contributed by atoms with Crippen molar-refractivity contribution in [2.24, 2.45) is 5.92 Å². The van der Waals surface area contributed by atoms with Gasteiger partial charge in [-0.25, -0.2) is 4.79 Å². The van der Waals surface area contributed by atoms with Gasteiger partial charge in [0, 0.05) is 6.04 Å². The molecular formula is C12H21N3O2. The first kappa shape index (κ1) is 13.7. The van der Waals surface area contributed by atoms with Crippen LogP contribution in [0.15, 0.2) is 0 Å². The van der Waals surface area contributed by atoms with E-state index in [1.807, 2.05) is 11.5 Å². The van der Waals surface area contributed by atoms with Gasteiger partial charge >= 0.3 is 5.97 Å². The maximum absolute atomic E-state index is 11.7. The second-order valence-electron chi connectivity index (χ2n) is 4.64. The van der Waals surface area contributed by atoms with E-state index in [1.165, 1.54) is 0 Å². The monoisotopic (exact) mass is 239 g/mol. The van der Waals surface area contributed by atoms with Crippen molar-refractivity contribution < 1.29 is 9.53 Å². The fourth-order valence-corrected chi connectivity index (χ4v) is 2.02. The van der Waals surface area contributed by atoms with Crippen LogP contribution in [-0.2, 0) is 4.74 Å². The van der Waals surface area contributed by atoms with Gasteiger partial charge in [-0.15, -0.1) is 10.2 Å². The number of carbonyl (C=O) groups excluding carboxylic acids is 1. The molecule has 17 heavy (non-hydrogen) atoms. The Morgan fingerprint density at radius 1 is 1.35 bits per heavy atom. The molecule has 0 aliphatic heterocycles. The molecule has 0 N–H and O–H groups in total. The summed E-state index contributed by atoms with van der Waals surface area (Å²) in [6.45, 7) is 10.4. The van der Waals surface area contributed by atoms with Crippen LogP contribution in [0.25, 0.3) is 0 Å². The lowest BCUT2D eigenvalue weighted by atomic mass is 10.0. The normalized spacial score (nSPS) is 12.8. The highest BCUT2D eigenvalue weighted by molar-refractivity contribution is 5.85.